The van der Waals surface area contributed by atoms with Gasteiger partial charge in [-0.2, -0.15) is 0 Å². The Morgan fingerprint density at radius 2 is 1.35 bits per heavy atom. The van der Waals surface area contributed by atoms with Gasteiger partial charge in [0.1, 0.15) is 24.7 Å². The number of Topliss-reactive ketones (excluding diaryl/α,β-unsaturated/α-hetero) is 1. The Hall–Kier alpha value is -3.07. The predicted octanol–water partition coefficient (Wildman–Crippen LogP) is 5.36. The number of carbonyl (C=O) groups is 1. The average molecular weight is 346 g/mol. The van der Waals surface area contributed by atoms with Crippen molar-refractivity contribution in [1.29, 1.82) is 0 Å². The monoisotopic (exact) mass is 346 g/mol. The van der Waals surface area contributed by atoms with Gasteiger partial charge in [0.25, 0.3) is 0 Å². The molecule has 0 bridgehead atoms. The first-order valence-corrected chi connectivity index (χ1v) is 8.62. The molecular weight excluding hydrogens is 324 g/mol. The van der Waals surface area contributed by atoms with E-state index in [4.69, 9.17) is 9.47 Å². The van der Waals surface area contributed by atoms with Crippen molar-refractivity contribution in [2.45, 2.75) is 27.1 Å². The van der Waals surface area contributed by atoms with Crippen LogP contribution in [0.4, 0.5) is 0 Å². The van der Waals surface area contributed by atoms with Gasteiger partial charge in [-0.1, -0.05) is 60.7 Å². The maximum absolute atomic E-state index is 12.1. The minimum atomic E-state index is -0.0137. The third-order valence-electron chi connectivity index (χ3n) is 4.11. The zero-order valence-corrected chi connectivity index (χ0v) is 15.1. The van der Waals surface area contributed by atoms with E-state index in [0.717, 1.165) is 16.7 Å². The maximum Gasteiger partial charge on any atom is 0.163 e. The van der Waals surface area contributed by atoms with Crippen LogP contribution in [0.25, 0.3) is 0 Å². The molecule has 132 valence electrons. The Morgan fingerprint density at radius 1 is 0.808 bits per heavy atom. The lowest BCUT2D eigenvalue weighted by atomic mass is 10.0. The van der Waals surface area contributed by atoms with Gasteiger partial charge in [-0.3, -0.25) is 4.79 Å². The van der Waals surface area contributed by atoms with E-state index < -0.39 is 0 Å². The fourth-order valence-electron chi connectivity index (χ4n) is 2.85. The zero-order valence-electron chi connectivity index (χ0n) is 15.1. The van der Waals surface area contributed by atoms with Gasteiger partial charge >= 0.3 is 0 Å². The van der Waals surface area contributed by atoms with Crippen molar-refractivity contribution in [3.8, 4) is 11.5 Å². The molecule has 0 aliphatic heterocycles. The van der Waals surface area contributed by atoms with E-state index in [2.05, 4.69) is 0 Å². The second kappa shape index (κ2) is 8.34. The Labute approximate surface area is 154 Å². The second-order valence-electron chi connectivity index (χ2n) is 6.22. The van der Waals surface area contributed by atoms with E-state index in [1.807, 2.05) is 73.7 Å². The first-order valence-electron chi connectivity index (χ1n) is 8.62. The van der Waals surface area contributed by atoms with Crippen LogP contribution >= 0.6 is 0 Å². The van der Waals surface area contributed by atoms with Crippen LogP contribution in [0, 0.1) is 6.92 Å². The van der Waals surface area contributed by atoms with Crippen LogP contribution in [-0.2, 0) is 13.2 Å². The molecule has 3 rings (SSSR count). The third-order valence-corrected chi connectivity index (χ3v) is 4.11. The van der Waals surface area contributed by atoms with Crippen LogP contribution in [0.1, 0.15) is 34.0 Å². The molecular formula is C23H22O3. The first kappa shape index (κ1) is 17.7. The van der Waals surface area contributed by atoms with Gasteiger partial charge in [0.05, 0.1) is 5.56 Å². The van der Waals surface area contributed by atoms with Gasteiger partial charge in [0, 0.05) is 6.07 Å². The summed E-state index contributed by atoms with van der Waals surface area (Å²) in [4.78, 5) is 12.1. The molecule has 0 aliphatic carbocycles. The smallest absolute Gasteiger partial charge is 0.163 e. The summed E-state index contributed by atoms with van der Waals surface area (Å²) in [5.41, 5.74) is 3.60. The SMILES string of the molecule is CC(=O)c1c(C)cc(OCc2ccccc2)cc1OCc1ccccc1. The summed E-state index contributed by atoms with van der Waals surface area (Å²) in [5, 5.41) is 0. The molecule has 3 nitrogen and oxygen atoms in total. The maximum atomic E-state index is 12.1. The van der Waals surface area contributed by atoms with E-state index in [1.165, 1.54) is 0 Å². The lowest BCUT2D eigenvalue weighted by molar-refractivity contribution is 0.101. The van der Waals surface area contributed by atoms with Crippen LogP contribution in [0.3, 0.4) is 0 Å². The van der Waals surface area contributed by atoms with Crippen LogP contribution in [0.5, 0.6) is 11.5 Å². The highest BCUT2D eigenvalue weighted by Crippen LogP contribution is 2.30. The lowest BCUT2D eigenvalue weighted by Gasteiger charge is -2.15. The summed E-state index contributed by atoms with van der Waals surface area (Å²) < 4.78 is 11.9. The van der Waals surface area contributed by atoms with Crippen LogP contribution < -0.4 is 9.47 Å². The molecule has 0 saturated carbocycles. The number of benzene rings is 3. The van der Waals surface area contributed by atoms with Crippen molar-refractivity contribution >= 4 is 5.78 Å². The molecule has 3 heteroatoms. The normalized spacial score (nSPS) is 10.4. The molecule has 3 aromatic rings. The zero-order chi connectivity index (χ0) is 18.4. The molecule has 0 aliphatic rings. The third kappa shape index (κ3) is 4.51. The molecule has 0 unspecified atom stereocenters. The van der Waals surface area contributed by atoms with E-state index in [1.54, 1.807) is 13.0 Å². The summed E-state index contributed by atoms with van der Waals surface area (Å²) >= 11 is 0. The Balaban J connectivity index is 1.80. The van der Waals surface area contributed by atoms with Gasteiger partial charge in [-0.05, 0) is 36.6 Å². The Kier molecular flexibility index (Phi) is 5.69. The number of aryl methyl sites for hydroxylation is 1. The van der Waals surface area contributed by atoms with Crippen molar-refractivity contribution in [2.75, 3.05) is 0 Å². The van der Waals surface area contributed by atoms with Gasteiger partial charge in [0.2, 0.25) is 0 Å². The molecule has 0 aromatic heterocycles. The Morgan fingerprint density at radius 3 is 1.88 bits per heavy atom. The van der Waals surface area contributed by atoms with Gasteiger partial charge < -0.3 is 9.47 Å². The fraction of sp³-hybridized carbons (Fsp3) is 0.174. The van der Waals surface area contributed by atoms with E-state index >= 15 is 0 Å². The standard InChI is InChI=1S/C23H22O3/c1-17-13-21(25-15-19-9-5-3-6-10-19)14-22(23(17)18(2)24)26-16-20-11-7-4-8-12-20/h3-14H,15-16H2,1-2H3. The molecule has 0 atom stereocenters. The number of ether oxygens (including phenoxy) is 2. The summed E-state index contributed by atoms with van der Waals surface area (Å²) in [6, 6.07) is 23.6. The molecule has 0 heterocycles. The minimum Gasteiger partial charge on any atom is -0.489 e. The van der Waals surface area contributed by atoms with E-state index in [0.29, 0.717) is 30.3 Å². The van der Waals surface area contributed by atoms with E-state index in [-0.39, 0.29) is 5.78 Å². The molecule has 26 heavy (non-hydrogen) atoms. The first-order chi connectivity index (χ1) is 12.6. The highest BCUT2D eigenvalue weighted by molar-refractivity contribution is 5.98. The van der Waals surface area contributed by atoms with Crippen LogP contribution in [0.15, 0.2) is 72.8 Å². The number of carbonyl (C=O) groups excluding carboxylic acids is 1. The number of rotatable bonds is 7. The summed E-state index contributed by atoms with van der Waals surface area (Å²) in [5.74, 6) is 1.24. The average Bonchev–Trinajstić information content (AvgIpc) is 2.66. The van der Waals surface area contributed by atoms with Crippen molar-refractivity contribution in [1.82, 2.24) is 0 Å². The lowest BCUT2D eigenvalue weighted by Crippen LogP contribution is -2.05. The summed E-state index contributed by atoms with van der Waals surface area (Å²) in [6.45, 7) is 4.34. The molecule has 0 amide bonds. The summed E-state index contributed by atoms with van der Waals surface area (Å²) in [6.07, 6.45) is 0. The topological polar surface area (TPSA) is 35.5 Å². The molecule has 3 aromatic carbocycles. The fourth-order valence-corrected chi connectivity index (χ4v) is 2.85. The second-order valence-corrected chi connectivity index (χ2v) is 6.22. The Bertz CT molecular complexity index is 871. The molecule has 0 spiro atoms. The van der Waals surface area contributed by atoms with Crippen LogP contribution in [-0.4, -0.2) is 5.78 Å². The largest absolute Gasteiger partial charge is 0.489 e. The predicted molar refractivity (Wildman–Crippen MR) is 103 cm³/mol. The molecule has 0 saturated heterocycles. The highest BCUT2D eigenvalue weighted by Gasteiger charge is 2.15. The van der Waals surface area contributed by atoms with Gasteiger partial charge in [-0.25, -0.2) is 0 Å². The molecule has 0 radical (unpaired) electrons. The number of hydrogen-bond acceptors (Lipinski definition) is 3. The van der Waals surface area contributed by atoms with Crippen LogP contribution in [0.2, 0.25) is 0 Å². The number of ketones is 1. The minimum absolute atomic E-state index is 0.0137. The van der Waals surface area contributed by atoms with Gasteiger partial charge in [-0.15, -0.1) is 0 Å². The highest BCUT2D eigenvalue weighted by atomic mass is 16.5. The number of hydrogen-bond donors (Lipinski definition) is 0. The van der Waals surface area contributed by atoms with Crippen molar-refractivity contribution in [3.05, 3.63) is 95.1 Å². The van der Waals surface area contributed by atoms with Gasteiger partial charge in [0.15, 0.2) is 5.78 Å². The van der Waals surface area contributed by atoms with Crippen molar-refractivity contribution < 1.29 is 14.3 Å². The quantitative estimate of drug-likeness (QED) is 0.541. The molecule has 0 N–H and O–H groups in total. The summed E-state index contributed by atoms with van der Waals surface area (Å²) in [7, 11) is 0. The van der Waals surface area contributed by atoms with E-state index in [9.17, 15) is 4.79 Å². The molecule has 0 fully saturated rings. The van der Waals surface area contributed by atoms with Crippen molar-refractivity contribution in [3.63, 3.8) is 0 Å². The van der Waals surface area contributed by atoms with Crippen molar-refractivity contribution in [2.24, 2.45) is 0 Å².